The van der Waals surface area contributed by atoms with Crippen molar-refractivity contribution >= 4 is 28.9 Å². The van der Waals surface area contributed by atoms with Gasteiger partial charge < -0.3 is 11.1 Å². The second kappa shape index (κ2) is 5.79. The molecule has 6 nitrogen and oxygen atoms in total. The Kier molecular flexibility index (Phi) is 4.63. The normalized spacial score (nSPS) is 12.0. The molecule has 0 heterocycles. The van der Waals surface area contributed by atoms with Crippen LogP contribution >= 0.6 is 11.6 Å². The van der Waals surface area contributed by atoms with Crippen molar-refractivity contribution in [2.45, 2.75) is 26.3 Å². The van der Waals surface area contributed by atoms with Crippen molar-refractivity contribution in [2.75, 3.05) is 5.32 Å². The number of anilines is 1. The fraction of sp³-hybridized carbons (Fsp3) is 0.364. The van der Waals surface area contributed by atoms with E-state index in [4.69, 9.17) is 17.3 Å². The number of nitrogens with zero attached hydrogens (tertiary/aromatic N) is 1. The third kappa shape index (κ3) is 3.18. The number of carbonyl (C=O) groups is 1. The average Bonchev–Trinajstić information content (AvgIpc) is 2.31. The van der Waals surface area contributed by atoms with Crippen molar-refractivity contribution in [2.24, 2.45) is 5.73 Å². The Balaban J connectivity index is 3.02. The van der Waals surface area contributed by atoms with Gasteiger partial charge in [-0.05, 0) is 25.0 Å². The molecule has 0 radical (unpaired) electrons. The maximum Gasteiger partial charge on any atom is 0.288 e. The van der Waals surface area contributed by atoms with Gasteiger partial charge in [-0.3, -0.25) is 14.9 Å². The Bertz CT molecular complexity index is 491. The molecule has 1 aromatic rings. The zero-order valence-corrected chi connectivity index (χ0v) is 10.8. The first-order chi connectivity index (χ1) is 8.36. The van der Waals surface area contributed by atoms with Gasteiger partial charge in [-0.25, -0.2) is 0 Å². The minimum atomic E-state index is -0.613. The smallest absolute Gasteiger partial charge is 0.288 e. The van der Waals surface area contributed by atoms with E-state index in [2.05, 4.69) is 5.32 Å². The van der Waals surface area contributed by atoms with E-state index < -0.39 is 11.0 Å². The summed E-state index contributed by atoms with van der Waals surface area (Å²) in [5.41, 5.74) is 6.38. The Morgan fingerprint density at radius 3 is 2.72 bits per heavy atom. The van der Waals surface area contributed by atoms with Gasteiger partial charge in [0.15, 0.2) is 0 Å². The van der Waals surface area contributed by atoms with Crippen LogP contribution in [-0.2, 0) is 4.79 Å². The van der Waals surface area contributed by atoms with Gasteiger partial charge in [0.05, 0.1) is 11.0 Å². The molecule has 0 bridgehead atoms. The minimum absolute atomic E-state index is 0.0223. The summed E-state index contributed by atoms with van der Waals surface area (Å²) in [6.07, 6.45) is 0.506. The van der Waals surface area contributed by atoms with Crippen molar-refractivity contribution in [3.8, 4) is 0 Å². The second-order valence-electron chi connectivity index (χ2n) is 3.88. The molecular weight excluding hydrogens is 258 g/mol. The number of hydrogen-bond donors (Lipinski definition) is 2. The maximum atomic E-state index is 11.6. The molecule has 18 heavy (non-hydrogen) atoms. The average molecular weight is 272 g/mol. The minimum Gasteiger partial charge on any atom is -0.324 e. The van der Waals surface area contributed by atoms with Crippen LogP contribution in [0.3, 0.4) is 0 Å². The van der Waals surface area contributed by atoms with Crippen LogP contribution in [0.5, 0.6) is 0 Å². The number of halogens is 1. The quantitative estimate of drug-likeness (QED) is 0.648. The summed E-state index contributed by atoms with van der Waals surface area (Å²) in [5, 5.41) is 13.3. The summed E-state index contributed by atoms with van der Waals surface area (Å²) in [6.45, 7) is 3.44. The van der Waals surface area contributed by atoms with Crippen LogP contribution in [0, 0.1) is 17.0 Å². The molecule has 0 saturated carbocycles. The van der Waals surface area contributed by atoms with Crippen molar-refractivity contribution in [3.63, 3.8) is 0 Å². The molecule has 0 saturated heterocycles. The molecule has 1 aromatic carbocycles. The van der Waals surface area contributed by atoms with Crippen LogP contribution in [0.1, 0.15) is 18.9 Å². The highest BCUT2D eigenvalue weighted by Gasteiger charge is 2.17. The zero-order valence-electron chi connectivity index (χ0n) is 10.1. The predicted octanol–water partition coefficient (Wildman–Crippen LogP) is 2.23. The summed E-state index contributed by atoms with van der Waals surface area (Å²) in [6, 6.07) is 2.06. The highest BCUT2D eigenvalue weighted by Crippen LogP contribution is 2.30. The molecule has 1 atom stereocenters. The largest absolute Gasteiger partial charge is 0.324 e. The number of hydrogen-bond acceptors (Lipinski definition) is 4. The lowest BCUT2D eigenvalue weighted by Gasteiger charge is -2.12. The van der Waals surface area contributed by atoms with Crippen molar-refractivity contribution < 1.29 is 9.72 Å². The third-order valence-corrected chi connectivity index (χ3v) is 2.83. The van der Waals surface area contributed by atoms with Crippen LogP contribution in [0.15, 0.2) is 12.1 Å². The lowest BCUT2D eigenvalue weighted by molar-refractivity contribution is -0.384. The van der Waals surface area contributed by atoms with Gasteiger partial charge in [0.1, 0.15) is 5.02 Å². The van der Waals surface area contributed by atoms with Gasteiger partial charge in [-0.15, -0.1) is 0 Å². The van der Waals surface area contributed by atoms with Gasteiger partial charge >= 0.3 is 0 Å². The van der Waals surface area contributed by atoms with E-state index >= 15 is 0 Å². The van der Waals surface area contributed by atoms with E-state index in [1.807, 2.05) is 0 Å². The number of nitro groups is 1. The van der Waals surface area contributed by atoms with Crippen molar-refractivity contribution in [1.82, 2.24) is 0 Å². The molecular formula is C11H14ClN3O3. The first-order valence-electron chi connectivity index (χ1n) is 5.37. The van der Waals surface area contributed by atoms with Gasteiger partial charge in [-0.2, -0.15) is 0 Å². The molecule has 0 aliphatic heterocycles. The summed E-state index contributed by atoms with van der Waals surface area (Å²) in [4.78, 5) is 21.7. The molecule has 98 valence electrons. The van der Waals surface area contributed by atoms with Crippen LogP contribution in [0.2, 0.25) is 5.02 Å². The van der Waals surface area contributed by atoms with Gasteiger partial charge in [0.25, 0.3) is 5.69 Å². The molecule has 0 unspecified atom stereocenters. The zero-order chi connectivity index (χ0) is 13.9. The number of amides is 1. The van der Waals surface area contributed by atoms with E-state index in [1.165, 1.54) is 12.1 Å². The van der Waals surface area contributed by atoms with Crippen LogP contribution in [0.4, 0.5) is 11.4 Å². The third-order valence-electron chi connectivity index (χ3n) is 2.52. The van der Waals surface area contributed by atoms with Crippen molar-refractivity contribution in [3.05, 3.63) is 32.8 Å². The Morgan fingerprint density at radius 2 is 2.22 bits per heavy atom. The number of nitro benzene ring substituents is 1. The monoisotopic (exact) mass is 271 g/mol. The first kappa shape index (κ1) is 14.4. The molecule has 3 N–H and O–H groups in total. The highest BCUT2D eigenvalue weighted by molar-refractivity contribution is 6.33. The summed E-state index contributed by atoms with van der Waals surface area (Å²) in [5.74, 6) is -0.342. The number of carbonyl (C=O) groups excluding carboxylic acids is 1. The maximum absolute atomic E-state index is 11.6. The van der Waals surface area contributed by atoms with Gasteiger partial charge in [0, 0.05) is 11.8 Å². The standard InChI is InChI=1S/C11H14ClN3O3/c1-3-8(13)11(16)14-9-5-7(12)10(15(17)18)4-6(9)2/h4-5,8H,3,13H2,1-2H3,(H,14,16)/t8-/m0/s1. The van der Waals surface area contributed by atoms with Crippen LogP contribution in [-0.4, -0.2) is 16.9 Å². The number of nitrogens with one attached hydrogen (secondary N) is 1. The number of rotatable bonds is 4. The number of aryl methyl sites for hydroxylation is 1. The summed E-state index contributed by atoms with van der Waals surface area (Å²) >= 11 is 5.77. The fourth-order valence-electron chi connectivity index (χ4n) is 1.35. The van der Waals surface area contributed by atoms with Gasteiger partial charge in [0.2, 0.25) is 5.91 Å². The Hall–Kier alpha value is -1.66. The van der Waals surface area contributed by atoms with Crippen LogP contribution < -0.4 is 11.1 Å². The van der Waals surface area contributed by atoms with E-state index in [1.54, 1.807) is 13.8 Å². The number of benzene rings is 1. The highest BCUT2D eigenvalue weighted by atomic mass is 35.5. The lowest BCUT2D eigenvalue weighted by Crippen LogP contribution is -2.35. The molecule has 1 rings (SSSR count). The lowest BCUT2D eigenvalue weighted by atomic mass is 10.1. The van der Waals surface area contributed by atoms with Crippen molar-refractivity contribution in [1.29, 1.82) is 0 Å². The SMILES string of the molecule is CC[C@H](N)C(=O)Nc1cc(Cl)c([N+](=O)[O-])cc1C. The van der Waals surface area contributed by atoms with E-state index in [9.17, 15) is 14.9 Å². The van der Waals surface area contributed by atoms with E-state index in [0.29, 0.717) is 17.7 Å². The summed E-state index contributed by atoms with van der Waals surface area (Å²) < 4.78 is 0. The molecule has 0 aromatic heterocycles. The van der Waals surface area contributed by atoms with E-state index in [0.717, 1.165) is 0 Å². The molecule has 1 amide bonds. The number of nitrogens with two attached hydrogens (primary N) is 1. The Labute approximate surface area is 109 Å². The van der Waals surface area contributed by atoms with E-state index in [-0.39, 0.29) is 16.6 Å². The summed E-state index contributed by atoms with van der Waals surface area (Å²) in [7, 11) is 0. The first-order valence-corrected chi connectivity index (χ1v) is 5.75. The van der Waals surface area contributed by atoms with Crippen LogP contribution in [0.25, 0.3) is 0 Å². The molecule has 7 heteroatoms. The molecule has 0 spiro atoms. The topological polar surface area (TPSA) is 98.3 Å². The van der Waals surface area contributed by atoms with Gasteiger partial charge in [-0.1, -0.05) is 18.5 Å². The Morgan fingerprint density at radius 1 is 1.61 bits per heavy atom. The second-order valence-corrected chi connectivity index (χ2v) is 4.29. The molecule has 0 aliphatic carbocycles. The molecule has 0 aliphatic rings. The molecule has 0 fully saturated rings. The fourth-order valence-corrected chi connectivity index (χ4v) is 1.58. The predicted molar refractivity (Wildman–Crippen MR) is 69.7 cm³/mol.